The van der Waals surface area contributed by atoms with Crippen molar-refractivity contribution < 1.29 is 4.74 Å². The molecule has 0 bridgehead atoms. The third-order valence-electron chi connectivity index (χ3n) is 3.11. The predicted molar refractivity (Wildman–Crippen MR) is 70.5 cm³/mol. The van der Waals surface area contributed by atoms with Gasteiger partial charge in [-0.05, 0) is 18.4 Å². The zero-order chi connectivity index (χ0) is 11.8. The molecule has 0 spiro atoms. The molecule has 0 amide bonds. The number of methoxy groups -OCH3 is 1. The van der Waals surface area contributed by atoms with Crippen LogP contribution >= 0.6 is 0 Å². The standard InChI is InChI=1S/C15H13NO/c1-10-11-6-3-4-7-12(11)13-8-5-9-14(17-2)15(13)16-10/h3-9H,1-2H3. The highest BCUT2D eigenvalue weighted by molar-refractivity contribution is 6.08. The highest BCUT2D eigenvalue weighted by atomic mass is 16.5. The van der Waals surface area contributed by atoms with Crippen molar-refractivity contribution in [2.75, 3.05) is 7.11 Å². The Hall–Kier alpha value is -2.09. The van der Waals surface area contributed by atoms with Crippen LogP contribution in [-0.4, -0.2) is 12.1 Å². The first kappa shape index (κ1) is 10.1. The van der Waals surface area contributed by atoms with Crippen LogP contribution in [0, 0.1) is 6.92 Å². The summed E-state index contributed by atoms with van der Waals surface area (Å²) in [4.78, 5) is 4.65. The number of hydrogen-bond donors (Lipinski definition) is 0. The van der Waals surface area contributed by atoms with Crippen molar-refractivity contribution in [3.8, 4) is 5.75 Å². The Morgan fingerprint density at radius 3 is 2.35 bits per heavy atom. The molecule has 0 atom stereocenters. The lowest BCUT2D eigenvalue weighted by Crippen LogP contribution is -1.91. The van der Waals surface area contributed by atoms with Crippen LogP contribution in [0.15, 0.2) is 42.5 Å². The molecule has 2 heteroatoms. The van der Waals surface area contributed by atoms with E-state index in [4.69, 9.17) is 4.74 Å². The molecule has 84 valence electrons. The first-order valence-electron chi connectivity index (χ1n) is 5.63. The van der Waals surface area contributed by atoms with Crippen LogP contribution in [0.3, 0.4) is 0 Å². The average Bonchev–Trinajstić information content (AvgIpc) is 2.39. The molecular formula is C15H13NO. The van der Waals surface area contributed by atoms with Crippen molar-refractivity contribution in [3.63, 3.8) is 0 Å². The predicted octanol–water partition coefficient (Wildman–Crippen LogP) is 3.71. The smallest absolute Gasteiger partial charge is 0.145 e. The number of ether oxygens (including phenoxy) is 1. The summed E-state index contributed by atoms with van der Waals surface area (Å²) in [5.41, 5.74) is 1.98. The van der Waals surface area contributed by atoms with E-state index in [0.29, 0.717) is 0 Å². The van der Waals surface area contributed by atoms with E-state index in [0.717, 1.165) is 22.3 Å². The van der Waals surface area contributed by atoms with E-state index in [-0.39, 0.29) is 0 Å². The lowest BCUT2D eigenvalue weighted by Gasteiger charge is -2.09. The van der Waals surface area contributed by atoms with Gasteiger partial charge >= 0.3 is 0 Å². The molecule has 2 aromatic carbocycles. The lowest BCUT2D eigenvalue weighted by molar-refractivity contribution is 0.419. The van der Waals surface area contributed by atoms with Gasteiger partial charge in [0.05, 0.1) is 7.11 Å². The van der Waals surface area contributed by atoms with Crippen molar-refractivity contribution in [2.45, 2.75) is 6.92 Å². The molecule has 0 saturated heterocycles. The number of hydrogen-bond acceptors (Lipinski definition) is 2. The molecule has 3 rings (SSSR count). The minimum Gasteiger partial charge on any atom is -0.494 e. The number of nitrogens with zero attached hydrogens (tertiary/aromatic N) is 1. The van der Waals surface area contributed by atoms with E-state index >= 15 is 0 Å². The maximum absolute atomic E-state index is 5.37. The summed E-state index contributed by atoms with van der Waals surface area (Å²) in [7, 11) is 1.68. The van der Waals surface area contributed by atoms with Gasteiger partial charge in [-0.15, -0.1) is 0 Å². The largest absolute Gasteiger partial charge is 0.494 e. The maximum Gasteiger partial charge on any atom is 0.145 e. The van der Waals surface area contributed by atoms with Gasteiger partial charge in [0.15, 0.2) is 0 Å². The zero-order valence-corrected chi connectivity index (χ0v) is 9.90. The van der Waals surface area contributed by atoms with Gasteiger partial charge in [-0.1, -0.05) is 36.4 Å². The summed E-state index contributed by atoms with van der Waals surface area (Å²) in [6.07, 6.45) is 0. The van der Waals surface area contributed by atoms with E-state index in [1.54, 1.807) is 7.11 Å². The highest BCUT2D eigenvalue weighted by Crippen LogP contribution is 2.30. The van der Waals surface area contributed by atoms with Gasteiger partial charge in [-0.2, -0.15) is 0 Å². The number of benzene rings is 2. The van der Waals surface area contributed by atoms with Crippen molar-refractivity contribution in [1.82, 2.24) is 4.98 Å². The van der Waals surface area contributed by atoms with Crippen molar-refractivity contribution in [3.05, 3.63) is 48.2 Å². The molecule has 1 aromatic heterocycles. The van der Waals surface area contributed by atoms with Crippen LogP contribution in [0.2, 0.25) is 0 Å². The second-order valence-electron chi connectivity index (χ2n) is 4.10. The molecule has 0 aliphatic rings. The first-order valence-corrected chi connectivity index (χ1v) is 5.63. The SMILES string of the molecule is COc1cccc2c1nc(C)c1ccccc12. The van der Waals surface area contributed by atoms with Gasteiger partial charge in [0.25, 0.3) is 0 Å². The fourth-order valence-corrected chi connectivity index (χ4v) is 2.28. The van der Waals surface area contributed by atoms with E-state index in [2.05, 4.69) is 29.2 Å². The molecule has 1 heterocycles. The van der Waals surface area contributed by atoms with Crippen LogP contribution < -0.4 is 4.74 Å². The number of pyridine rings is 1. The third-order valence-corrected chi connectivity index (χ3v) is 3.11. The number of rotatable bonds is 1. The van der Waals surface area contributed by atoms with Gasteiger partial charge in [-0.3, -0.25) is 0 Å². The van der Waals surface area contributed by atoms with Crippen LogP contribution in [-0.2, 0) is 0 Å². The van der Waals surface area contributed by atoms with Gasteiger partial charge in [0, 0.05) is 16.5 Å². The van der Waals surface area contributed by atoms with Gasteiger partial charge in [0.1, 0.15) is 11.3 Å². The third kappa shape index (κ3) is 1.45. The summed E-state index contributed by atoms with van der Waals surface area (Å²) in [6, 6.07) is 14.4. The summed E-state index contributed by atoms with van der Waals surface area (Å²) >= 11 is 0. The second kappa shape index (κ2) is 3.74. The average molecular weight is 223 g/mol. The van der Waals surface area contributed by atoms with Crippen molar-refractivity contribution in [2.24, 2.45) is 0 Å². The Bertz CT molecular complexity index is 704. The molecule has 0 N–H and O–H groups in total. The minimum atomic E-state index is 0.830. The van der Waals surface area contributed by atoms with Gasteiger partial charge in [0.2, 0.25) is 0 Å². The number of para-hydroxylation sites is 1. The summed E-state index contributed by atoms with van der Waals surface area (Å²) < 4.78 is 5.37. The van der Waals surface area contributed by atoms with Gasteiger partial charge in [-0.25, -0.2) is 4.98 Å². The zero-order valence-electron chi connectivity index (χ0n) is 9.90. The quantitative estimate of drug-likeness (QED) is 0.587. The van der Waals surface area contributed by atoms with Crippen LogP contribution in [0.25, 0.3) is 21.7 Å². The monoisotopic (exact) mass is 223 g/mol. The number of fused-ring (bicyclic) bond motifs is 3. The van der Waals surface area contributed by atoms with Crippen molar-refractivity contribution in [1.29, 1.82) is 0 Å². The van der Waals surface area contributed by atoms with E-state index in [9.17, 15) is 0 Å². The van der Waals surface area contributed by atoms with E-state index < -0.39 is 0 Å². The summed E-state index contributed by atoms with van der Waals surface area (Å²) in [5, 5.41) is 3.58. The first-order chi connectivity index (χ1) is 8.31. The summed E-state index contributed by atoms with van der Waals surface area (Å²) in [6.45, 7) is 2.04. The molecule has 0 aliphatic heterocycles. The Labute approximate surface area is 99.9 Å². The lowest BCUT2D eigenvalue weighted by atomic mass is 10.0. The molecule has 3 aromatic rings. The second-order valence-corrected chi connectivity index (χ2v) is 4.10. The Kier molecular flexibility index (Phi) is 2.22. The highest BCUT2D eigenvalue weighted by Gasteiger charge is 2.08. The minimum absolute atomic E-state index is 0.830. The maximum atomic E-state index is 5.37. The van der Waals surface area contributed by atoms with E-state index in [1.165, 1.54) is 10.8 Å². The molecule has 17 heavy (non-hydrogen) atoms. The molecule has 0 saturated carbocycles. The molecule has 0 aliphatic carbocycles. The van der Waals surface area contributed by atoms with E-state index in [1.807, 2.05) is 25.1 Å². The molecule has 0 fully saturated rings. The fraction of sp³-hybridized carbons (Fsp3) is 0.133. The van der Waals surface area contributed by atoms with Gasteiger partial charge < -0.3 is 4.74 Å². The number of aryl methyl sites for hydroxylation is 1. The Morgan fingerprint density at radius 2 is 1.59 bits per heavy atom. The Balaban J connectivity index is 2.57. The molecular weight excluding hydrogens is 210 g/mol. The van der Waals surface area contributed by atoms with Crippen LogP contribution in [0.1, 0.15) is 5.69 Å². The normalized spacial score (nSPS) is 10.9. The molecule has 2 nitrogen and oxygen atoms in total. The topological polar surface area (TPSA) is 22.1 Å². The molecule has 0 unspecified atom stereocenters. The fourth-order valence-electron chi connectivity index (χ4n) is 2.28. The number of aromatic nitrogens is 1. The Morgan fingerprint density at radius 1 is 0.882 bits per heavy atom. The van der Waals surface area contributed by atoms with Crippen LogP contribution in [0.5, 0.6) is 5.75 Å². The van der Waals surface area contributed by atoms with Crippen LogP contribution in [0.4, 0.5) is 0 Å². The molecule has 0 radical (unpaired) electrons. The summed E-state index contributed by atoms with van der Waals surface area (Å²) in [5.74, 6) is 0.830. The van der Waals surface area contributed by atoms with Crippen molar-refractivity contribution >= 4 is 21.7 Å².